The van der Waals surface area contributed by atoms with E-state index in [1.807, 2.05) is 0 Å². The molecule has 50 heavy (non-hydrogen) atoms. The number of aromatic nitrogens is 4. The van der Waals surface area contributed by atoms with Gasteiger partial charge in [-0.3, -0.25) is 9.97 Å². The van der Waals surface area contributed by atoms with E-state index in [4.69, 9.17) is 19.9 Å². The molecule has 0 saturated carbocycles. The van der Waals surface area contributed by atoms with Crippen molar-refractivity contribution in [1.29, 1.82) is 0 Å². The Morgan fingerprint density at radius 1 is 0.280 bits per heavy atom. The lowest BCUT2D eigenvalue weighted by atomic mass is 9.80. The normalized spacial score (nSPS) is 13.6. The van der Waals surface area contributed by atoms with Crippen LogP contribution in [0.25, 0.3) is 0 Å². The fraction of sp³-hybridized carbons (Fsp3) is 0.696. The van der Waals surface area contributed by atoms with Crippen LogP contribution in [0.15, 0.2) is 36.4 Å². The lowest BCUT2D eigenvalue weighted by Crippen LogP contribution is -2.25. The topological polar surface area (TPSA) is 51.6 Å². The van der Waals surface area contributed by atoms with E-state index in [9.17, 15) is 0 Å². The van der Waals surface area contributed by atoms with E-state index in [2.05, 4.69) is 203 Å². The van der Waals surface area contributed by atoms with Crippen molar-refractivity contribution in [2.75, 3.05) is 0 Å². The summed E-state index contributed by atoms with van der Waals surface area (Å²) in [5.74, 6) is 0.944. The van der Waals surface area contributed by atoms with E-state index >= 15 is 0 Å². The fourth-order valence-electron chi connectivity index (χ4n) is 4.55. The molecule has 0 N–H and O–H groups in total. The van der Waals surface area contributed by atoms with Gasteiger partial charge in [0.2, 0.25) is 0 Å². The summed E-state index contributed by atoms with van der Waals surface area (Å²) in [6, 6.07) is 13.0. The van der Waals surface area contributed by atoms with Crippen LogP contribution in [0.1, 0.15) is 212 Å². The summed E-state index contributed by atoms with van der Waals surface area (Å²) in [6.07, 6.45) is 0. The molecule has 0 aliphatic rings. The molecule has 282 valence electrons. The van der Waals surface area contributed by atoms with Crippen molar-refractivity contribution < 1.29 is 0 Å². The fourth-order valence-corrected chi connectivity index (χ4v) is 4.55. The van der Waals surface area contributed by atoms with E-state index in [0.717, 1.165) is 17.2 Å². The van der Waals surface area contributed by atoms with Crippen LogP contribution in [0.3, 0.4) is 0 Å². The standard InChI is InChI=1S/C17H29N.C16H28N2.C13H21N/c1-15(2,3)12-10-13(16(4,5)6)18-14(11-12)17(7,8)9;1-14(2,3)11-10-12(15(4,5)6)18-13(17-11)16(7,8)9;1-12(2,3)10-8-7-9-11(14-10)13(4,5)6/h10-11H,1-9H3;10H,1-9H3;7-9H,1-6H3. The Morgan fingerprint density at radius 3 is 0.780 bits per heavy atom. The van der Waals surface area contributed by atoms with Gasteiger partial charge in [0, 0.05) is 72.1 Å². The molecule has 0 spiro atoms. The van der Waals surface area contributed by atoms with Crippen molar-refractivity contribution in [3.63, 3.8) is 0 Å². The molecule has 3 aromatic heterocycles. The predicted molar refractivity (Wildman–Crippen MR) is 220 cm³/mol. The Morgan fingerprint density at radius 2 is 0.540 bits per heavy atom. The number of pyridine rings is 2. The molecule has 0 aliphatic carbocycles. The van der Waals surface area contributed by atoms with Gasteiger partial charge in [0.05, 0.1) is 0 Å². The second-order valence-corrected chi connectivity index (χ2v) is 22.5. The van der Waals surface area contributed by atoms with Gasteiger partial charge in [0.25, 0.3) is 0 Å². The third kappa shape index (κ3) is 14.2. The van der Waals surface area contributed by atoms with Crippen molar-refractivity contribution in [3.8, 4) is 0 Å². The molecule has 0 aliphatic heterocycles. The highest BCUT2D eigenvalue weighted by atomic mass is 14.9. The first-order chi connectivity index (χ1) is 21.8. The molecule has 0 fully saturated rings. The Kier molecular flexibility index (Phi) is 13.8. The minimum atomic E-state index is -0.0126. The molecular weight excluding hydrogens is 609 g/mol. The lowest BCUT2D eigenvalue weighted by Gasteiger charge is -2.28. The highest BCUT2D eigenvalue weighted by Crippen LogP contribution is 2.33. The number of nitrogens with zero attached hydrogens (tertiary/aromatic N) is 4. The maximum Gasteiger partial charge on any atom is 0.134 e. The number of rotatable bonds is 0. The average molecular weight is 687 g/mol. The zero-order valence-corrected chi connectivity index (χ0v) is 37.3. The summed E-state index contributed by atoms with van der Waals surface area (Å²) in [7, 11) is 0. The molecule has 0 atom stereocenters. The van der Waals surface area contributed by atoms with Gasteiger partial charge in [-0.25, -0.2) is 9.97 Å². The van der Waals surface area contributed by atoms with E-state index in [0.29, 0.717) is 0 Å². The van der Waals surface area contributed by atoms with Gasteiger partial charge in [0.1, 0.15) is 5.82 Å². The first-order valence-electron chi connectivity index (χ1n) is 18.8. The molecule has 0 unspecified atom stereocenters. The van der Waals surface area contributed by atoms with Crippen molar-refractivity contribution in [2.45, 2.75) is 209 Å². The molecule has 3 heterocycles. The van der Waals surface area contributed by atoms with Crippen molar-refractivity contribution in [3.05, 3.63) is 81.9 Å². The van der Waals surface area contributed by atoms with Gasteiger partial charge >= 0.3 is 0 Å². The Balaban J connectivity index is 0.000000378. The monoisotopic (exact) mass is 687 g/mol. The Labute approximate surface area is 310 Å². The Hall–Kier alpha value is -2.62. The minimum Gasteiger partial charge on any atom is -0.257 e. The van der Waals surface area contributed by atoms with E-state index in [1.54, 1.807) is 0 Å². The van der Waals surface area contributed by atoms with Gasteiger partial charge in [-0.1, -0.05) is 172 Å². The summed E-state index contributed by atoms with van der Waals surface area (Å²) >= 11 is 0. The predicted octanol–water partition coefficient (Wildman–Crippen LogP) is 13.0. The highest BCUT2D eigenvalue weighted by molar-refractivity contribution is 5.33. The second kappa shape index (κ2) is 15.2. The molecule has 4 nitrogen and oxygen atoms in total. The SMILES string of the molecule is CC(C)(C)c1cc(C(C)(C)C)nc(C(C)(C)C)c1.CC(C)(C)c1cc(C(C)(C)C)nc(C(C)(C)C)n1.CC(C)(C)c1cccc(C(C)(C)C)n1. The van der Waals surface area contributed by atoms with Crippen LogP contribution in [0.4, 0.5) is 0 Å². The Bertz CT molecular complexity index is 1260. The van der Waals surface area contributed by atoms with Crippen LogP contribution in [0.2, 0.25) is 0 Å². The average Bonchev–Trinajstić information content (AvgIpc) is 2.89. The van der Waals surface area contributed by atoms with Crippen molar-refractivity contribution in [1.82, 2.24) is 19.9 Å². The van der Waals surface area contributed by atoms with Crippen LogP contribution < -0.4 is 0 Å². The molecular formula is C46H78N4. The van der Waals surface area contributed by atoms with E-state index in [1.165, 1.54) is 28.3 Å². The molecule has 3 rings (SSSR count). The smallest absolute Gasteiger partial charge is 0.134 e. The maximum absolute atomic E-state index is 4.89. The molecule has 0 saturated heterocycles. The van der Waals surface area contributed by atoms with Gasteiger partial charge in [-0.2, -0.15) is 0 Å². The quantitative estimate of drug-likeness (QED) is 0.236. The molecule has 0 aromatic carbocycles. The van der Waals surface area contributed by atoms with Crippen molar-refractivity contribution in [2.24, 2.45) is 0 Å². The summed E-state index contributed by atoms with van der Waals surface area (Å²) in [6.45, 7) is 53.1. The zero-order chi connectivity index (χ0) is 39.7. The van der Waals surface area contributed by atoms with Crippen LogP contribution in [0.5, 0.6) is 0 Å². The van der Waals surface area contributed by atoms with Crippen LogP contribution in [-0.4, -0.2) is 19.9 Å². The molecule has 0 amide bonds. The second-order valence-electron chi connectivity index (χ2n) is 22.5. The first kappa shape index (κ1) is 45.4. The molecule has 0 radical (unpaired) electrons. The van der Waals surface area contributed by atoms with Gasteiger partial charge in [-0.15, -0.1) is 0 Å². The maximum atomic E-state index is 4.89. The zero-order valence-electron chi connectivity index (χ0n) is 37.3. The third-order valence-corrected chi connectivity index (χ3v) is 8.45. The summed E-state index contributed by atoms with van der Waals surface area (Å²) in [5, 5.41) is 0. The lowest BCUT2D eigenvalue weighted by molar-refractivity contribution is 0.487. The number of hydrogen-bond acceptors (Lipinski definition) is 4. The van der Waals surface area contributed by atoms with Crippen molar-refractivity contribution >= 4 is 0 Å². The largest absolute Gasteiger partial charge is 0.257 e. The van der Waals surface area contributed by atoms with Crippen LogP contribution >= 0.6 is 0 Å². The molecule has 3 aromatic rings. The summed E-state index contributed by atoms with van der Waals surface area (Å²) in [5.41, 5.74) is 9.13. The first-order valence-corrected chi connectivity index (χ1v) is 18.8. The van der Waals surface area contributed by atoms with Gasteiger partial charge < -0.3 is 0 Å². The highest BCUT2D eigenvalue weighted by Gasteiger charge is 2.28. The van der Waals surface area contributed by atoms with E-state index in [-0.39, 0.29) is 43.3 Å². The minimum absolute atomic E-state index is 0.0126. The van der Waals surface area contributed by atoms with Gasteiger partial charge in [0.15, 0.2) is 0 Å². The van der Waals surface area contributed by atoms with E-state index < -0.39 is 0 Å². The van der Waals surface area contributed by atoms with Crippen LogP contribution in [0, 0.1) is 0 Å². The van der Waals surface area contributed by atoms with Crippen LogP contribution in [-0.2, 0) is 43.3 Å². The summed E-state index contributed by atoms with van der Waals surface area (Å²) in [4.78, 5) is 19.2. The third-order valence-electron chi connectivity index (χ3n) is 8.45. The summed E-state index contributed by atoms with van der Waals surface area (Å²) < 4.78 is 0. The molecule has 0 bridgehead atoms. The number of hydrogen-bond donors (Lipinski definition) is 0. The molecule has 4 heteroatoms. The van der Waals surface area contributed by atoms with Gasteiger partial charge in [-0.05, 0) is 41.3 Å².